The van der Waals surface area contributed by atoms with E-state index in [9.17, 15) is 0 Å². The number of rotatable bonds is 5. The molecule has 2 N–H and O–H groups in total. The maximum absolute atomic E-state index is 5.99. The quantitative estimate of drug-likeness (QED) is 0.821. The van der Waals surface area contributed by atoms with Gasteiger partial charge in [-0.1, -0.05) is 20.3 Å². The number of anilines is 1. The lowest BCUT2D eigenvalue weighted by molar-refractivity contribution is 0.680. The summed E-state index contributed by atoms with van der Waals surface area (Å²) in [4.78, 5) is 13.2. The molecule has 0 fully saturated rings. The number of nitrogens with two attached hydrogens (primary N) is 1. The molecule has 2 aromatic heterocycles. The van der Waals surface area contributed by atoms with E-state index in [1.807, 2.05) is 6.33 Å². The van der Waals surface area contributed by atoms with E-state index < -0.39 is 0 Å². The third kappa shape index (κ3) is 3.05. The molecule has 0 spiro atoms. The lowest BCUT2D eigenvalue weighted by atomic mass is 10.2. The van der Waals surface area contributed by atoms with Crippen LogP contribution in [0.4, 0.5) is 5.82 Å². The van der Waals surface area contributed by atoms with E-state index in [0.717, 1.165) is 40.8 Å². The van der Waals surface area contributed by atoms with Crippen LogP contribution in [0.5, 0.6) is 0 Å². The summed E-state index contributed by atoms with van der Waals surface area (Å²) < 4.78 is 3.03. The largest absolute Gasteiger partial charge is 0.383 e. The molecule has 2 heterocycles. The second-order valence-electron chi connectivity index (χ2n) is 4.42. The molecule has 0 atom stereocenters. The maximum Gasteiger partial charge on any atom is 0.180 e. The summed E-state index contributed by atoms with van der Waals surface area (Å²) in [5.41, 5.74) is 7.95. The van der Waals surface area contributed by atoms with Crippen LogP contribution in [-0.4, -0.2) is 19.5 Å². The molecular formula is C13H18IN5. The van der Waals surface area contributed by atoms with Gasteiger partial charge in [-0.3, -0.25) is 0 Å². The van der Waals surface area contributed by atoms with Gasteiger partial charge in [-0.2, -0.15) is 0 Å². The predicted molar refractivity (Wildman–Crippen MR) is 84.7 cm³/mol. The minimum atomic E-state index is 0.554. The van der Waals surface area contributed by atoms with Gasteiger partial charge in [0.1, 0.15) is 11.5 Å². The number of aromatic nitrogens is 4. The molecule has 0 aliphatic heterocycles. The lowest BCUT2D eigenvalue weighted by Crippen LogP contribution is -2.07. The van der Waals surface area contributed by atoms with Crippen molar-refractivity contribution in [3.63, 3.8) is 0 Å². The van der Waals surface area contributed by atoms with Gasteiger partial charge in [0.05, 0.1) is 21.8 Å². The Bertz CT molecular complexity index is 564. The van der Waals surface area contributed by atoms with Crippen molar-refractivity contribution in [3.05, 3.63) is 21.8 Å². The fourth-order valence-corrected chi connectivity index (χ4v) is 2.47. The summed E-state index contributed by atoms with van der Waals surface area (Å²) in [6.45, 7) is 5.18. The van der Waals surface area contributed by atoms with E-state index in [1.165, 1.54) is 0 Å². The van der Waals surface area contributed by atoms with Gasteiger partial charge in [0.15, 0.2) is 5.82 Å². The van der Waals surface area contributed by atoms with Gasteiger partial charge in [0.25, 0.3) is 0 Å². The zero-order valence-electron chi connectivity index (χ0n) is 11.2. The second-order valence-corrected chi connectivity index (χ2v) is 5.49. The molecule has 0 unspecified atom stereocenters. The molecule has 0 saturated carbocycles. The molecular weight excluding hydrogens is 353 g/mol. The fourth-order valence-electron chi connectivity index (χ4n) is 1.96. The molecule has 0 amide bonds. The predicted octanol–water partition coefficient (Wildman–Crippen LogP) is 2.89. The molecule has 0 aliphatic carbocycles. The van der Waals surface area contributed by atoms with E-state index in [-0.39, 0.29) is 0 Å². The topological polar surface area (TPSA) is 69.6 Å². The third-order valence-electron chi connectivity index (χ3n) is 2.84. The first-order valence-corrected chi connectivity index (χ1v) is 7.57. The zero-order chi connectivity index (χ0) is 13.8. The molecule has 5 nitrogen and oxygen atoms in total. The van der Waals surface area contributed by atoms with Crippen molar-refractivity contribution in [2.45, 2.75) is 39.7 Å². The molecule has 0 aromatic carbocycles. The van der Waals surface area contributed by atoms with E-state index >= 15 is 0 Å². The summed E-state index contributed by atoms with van der Waals surface area (Å²) in [5, 5.41) is 0. The molecule has 102 valence electrons. The zero-order valence-corrected chi connectivity index (χ0v) is 13.4. The average Bonchev–Trinajstić information content (AvgIpc) is 2.84. The Labute approximate surface area is 126 Å². The molecule has 0 aliphatic rings. The molecule has 0 saturated heterocycles. The molecule has 0 bridgehead atoms. The standard InChI is InChI=1S/C13H18IN5/c1-3-5-9-11(14)12(15)18-13(17-9)10-7-16-8-19(10)6-4-2/h7-8H,3-6H2,1-2H3,(H2,15,17,18). The Hall–Kier alpha value is -1.18. The van der Waals surface area contributed by atoms with Crippen molar-refractivity contribution in [2.75, 3.05) is 5.73 Å². The highest BCUT2D eigenvalue weighted by Gasteiger charge is 2.13. The van der Waals surface area contributed by atoms with Crippen LogP contribution in [-0.2, 0) is 13.0 Å². The number of nitrogens with zero attached hydrogens (tertiary/aromatic N) is 4. The van der Waals surface area contributed by atoms with Crippen LogP contribution in [0.3, 0.4) is 0 Å². The van der Waals surface area contributed by atoms with Crippen LogP contribution in [0, 0.1) is 3.57 Å². The summed E-state index contributed by atoms with van der Waals surface area (Å²) in [6.07, 6.45) is 6.62. The van der Waals surface area contributed by atoms with Crippen LogP contribution in [0.1, 0.15) is 32.4 Å². The highest BCUT2D eigenvalue weighted by atomic mass is 127. The first-order valence-electron chi connectivity index (χ1n) is 6.49. The summed E-state index contributed by atoms with van der Waals surface area (Å²) >= 11 is 2.22. The van der Waals surface area contributed by atoms with Crippen molar-refractivity contribution in [1.29, 1.82) is 0 Å². The van der Waals surface area contributed by atoms with Crippen molar-refractivity contribution in [2.24, 2.45) is 0 Å². The molecule has 2 aromatic rings. The minimum absolute atomic E-state index is 0.554. The van der Waals surface area contributed by atoms with E-state index in [1.54, 1.807) is 6.20 Å². The normalized spacial score (nSPS) is 10.9. The number of nitrogen functional groups attached to an aromatic ring is 1. The summed E-state index contributed by atoms with van der Waals surface area (Å²) in [7, 11) is 0. The second kappa shape index (κ2) is 6.31. The summed E-state index contributed by atoms with van der Waals surface area (Å²) in [5.74, 6) is 1.23. The Morgan fingerprint density at radius 3 is 2.74 bits per heavy atom. The van der Waals surface area contributed by atoms with Gasteiger partial charge < -0.3 is 10.3 Å². The number of imidazole rings is 1. The monoisotopic (exact) mass is 371 g/mol. The number of halogens is 1. The first-order chi connectivity index (χ1) is 9.17. The van der Waals surface area contributed by atoms with E-state index in [0.29, 0.717) is 11.6 Å². The molecule has 0 radical (unpaired) electrons. The van der Waals surface area contributed by atoms with Crippen LogP contribution in [0.25, 0.3) is 11.5 Å². The van der Waals surface area contributed by atoms with Crippen LogP contribution in [0.2, 0.25) is 0 Å². The van der Waals surface area contributed by atoms with Crippen molar-refractivity contribution >= 4 is 28.4 Å². The number of hydrogen-bond donors (Lipinski definition) is 1. The average molecular weight is 371 g/mol. The third-order valence-corrected chi connectivity index (χ3v) is 4.01. The van der Waals surface area contributed by atoms with Crippen LogP contribution >= 0.6 is 22.6 Å². The van der Waals surface area contributed by atoms with Gasteiger partial charge in [-0.25, -0.2) is 15.0 Å². The van der Waals surface area contributed by atoms with Crippen LogP contribution in [0.15, 0.2) is 12.5 Å². The lowest BCUT2D eigenvalue weighted by Gasteiger charge is -2.10. The fraction of sp³-hybridized carbons (Fsp3) is 0.462. The van der Waals surface area contributed by atoms with Crippen molar-refractivity contribution in [1.82, 2.24) is 19.5 Å². The van der Waals surface area contributed by atoms with Crippen LogP contribution < -0.4 is 5.73 Å². The van der Waals surface area contributed by atoms with Gasteiger partial charge in [0.2, 0.25) is 0 Å². The highest BCUT2D eigenvalue weighted by Crippen LogP contribution is 2.23. The van der Waals surface area contributed by atoms with Gasteiger partial charge >= 0.3 is 0 Å². The molecule has 19 heavy (non-hydrogen) atoms. The molecule has 2 rings (SSSR count). The van der Waals surface area contributed by atoms with Crippen molar-refractivity contribution < 1.29 is 0 Å². The maximum atomic E-state index is 5.99. The number of aryl methyl sites for hydroxylation is 2. The van der Waals surface area contributed by atoms with Gasteiger partial charge in [-0.15, -0.1) is 0 Å². The van der Waals surface area contributed by atoms with Gasteiger partial charge in [0, 0.05) is 6.54 Å². The number of hydrogen-bond acceptors (Lipinski definition) is 4. The SMILES string of the molecule is CCCc1nc(-c2cncn2CCC)nc(N)c1I. The van der Waals surface area contributed by atoms with Crippen molar-refractivity contribution in [3.8, 4) is 11.5 Å². The Morgan fingerprint density at radius 1 is 1.26 bits per heavy atom. The van der Waals surface area contributed by atoms with E-state index in [4.69, 9.17) is 5.73 Å². The Kier molecular flexibility index (Phi) is 4.73. The Balaban J connectivity index is 2.47. The van der Waals surface area contributed by atoms with E-state index in [2.05, 4.69) is 56.0 Å². The smallest absolute Gasteiger partial charge is 0.180 e. The first kappa shape index (κ1) is 14.2. The summed E-state index contributed by atoms with van der Waals surface area (Å²) in [6, 6.07) is 0. The molecule has 6 heteroatoms. The highest BCUT2D eigenvalue weighted by molar-refractivity contribution is 14.1. The minimum Gasteiger partial charge on any atom is -0.383 e. The Morgan fingerprint density at radius 2 is 2.05 bits per heavy atom. The van der Waals surface area contributed by atoms with Gasteiger partial charge in [-0.05, 0) is 35.4 Å².